The van der Waals surface area contributed by atoms with E-state index in [4.69, 9.17) is 0 Å². The minimum atomic E-state index is -0.809. The average Bonchev–Trinajstić information content (AvgIpc) is 2.63. The number of aliphatic hydroxyl groups excluding tert-OH is 2. The molecule has 2 aliphatic carbocycles. The summed E-state index contributed by atoms with van der Waals surface area (Å²) in [5.41, 5.74) is 4.20. The summed E-state index contributed by atoms with van der Waals surface area (Å²) in [4.78, 5) is 117. The van der Waals surface area contributed by atoms with Crippen molar-refractivity contribution in [2.75, 3.05) is 59.4 Å². The molecule has 2 saturated carbocycles. The minimum Gasteiger partial charge on any atom is -0.391 e. The van der Waals surface area contributed by atoms with Crippen molar-refractivity contribution in [2.45, 2.75) is 153 Å². The van der Waals surface area contributed by atoms with E-state index >= 15 is 0 Å². The molecule has 0 bridgehead atoms. The summed E-state index contributed by atoms with van der Waals surface area (Å²) in [6.45, 7) is 5.77. The summed E-state index contributed by atoms with van der Waals surface area (Å²) in [5, 5.41) is 36.6. The van der Waals surface area contributed by atoms with E-state index < -0.39 is 54.2 Å². The number of carbonyl (C=O) groups is 8. The molecule has 8 rings (SSSR count). The smallest absolute Gasteiger partial charge is 0.251 e. The molecule has 4 aromatic rings. The van der Waals surface area contributed by atoms with Crippen molar-refractivity contribution in [1.29, 1.82) is 0 Å². The Morgan fingerprint density at radius 1 is 0.517 bits per heavy atom. The van der Waals surface area contributed by atoms with Crippen LogP contribution in [0.15, 0.2) is 109 Å². The third-order valence-electron chi connectivity index (χ3n) is 18.1. The summed E-state index contributed by atoms with van der Waals surface area (Å²) in [5.74, 6) is -2.96. The number of rotatable bonds is 26. The lowest BCUT2D eigenvalue weighted by Crippen LogP contribution is -2.58. The van der Waals surface area contributed by atoms with Gasteiger partial charge in [0.1, 0.15) is 12.1 Å². The van der Waals surface area contributed by atoms with Crippen LogP contribution in [0.2, 0.25) is 0 Å². The Morgan fingerprint density at radius 3 is 1.26 bits per heavy atom. The summed E-state index contributed by atoms with van der Waals surface area (Å²) in [6.07, 6.45) is 9.25. The van der Waals surface area contributed by atoms with E-state index in [2.05, 4.69) is 26.6 Å². The fourth-order valence-electron chi connectivity index (χ4n) is 12.8. The molecule has 87 heavy (non-hydrogen) atoms. The Hall–Kier alpha value is -7.48. The fourth-order valence-corrected chi connectivity index (χ4v) is 12.8. The van der Waals surface area contributed by atoms with Gasteiger partial charge in [-0.1, -0.05) is 137 Å². The van der Waals surface area contributed by atoms with E-state index in [9.17, 15) is 48.6 Å². The molecule has 0 spiro atoms. The van der Waals surface area contributed by atoms with Gasteiger partial charge in [0.2, 0.25) is 35.4 Å². The maximum absolute atomic E-state index is 14.5. The summed E-state index contributed by atoms with van der Waals surface area (Å²) in [7, 11) is 1.69. The normalized spacial score (nSPS) is 20.0. The first kappa shape index (κ1) is 65.5. The molecule has 4 fully saturated rings. The van der Waals surface area contributed by atoms with E-state index in [1.165, 1.54) is 0 Å². The second-order valence-corrected chi connectivity index (χ2v) is 24.7. The van der Waals surface area contributed by atoms with Crippen molar-refractivity contribution in [1.82, 2.24) is 46.2 Å². The van der Waals surface area contributed by atoms with Gasteiger partial charge >= 0.3 is 0 Å². The van der Waals surface area contributed by atoms with Crippen LogP contribution in [0.1, 0.15) is 130 Å². The molecule has 8 amide bonds. The number of likely N-dealkylation sites (N-methyl/N-ethyl adjacent to an activating group) is 1. The highest BCUT2D eigenvalue weighted by Gasteiger charge is 2.44. The fraction of sp³-hybridized carbons (Fsp3) is 0.529. The predicted octanol–water partition coefficient (Wildman–Crippen LogP) is 5.27. The van der Waals surface area contributed by atoms with E-state index in [-0.39, 0.29) is 105 Å². The number of aliphatic hydroxyl groups is 2. The molecule has 2 heterocycles. The SMILES string of the molecule is CN[C@@H](C)C(=O)N[C@H](C(=O)N1C[C@@H](O)C[C@H]1CN(CCc1ccccc1)C(=O)CNC(=O)c1ccc(-c2ccc(C(=O)NCC(=O)N(CCc3ccccc3)C[C@@H]3C[C@H](O)CN3C(=O)[C@@H](NC(=O)C(C)C)C3CCCCC3)cc2)cc1)C1CCCCC1. The first-order valence-electron chi connectivity index (χ1n) is 31.6. The molecular weight excluding hydrogens is 1100 g/mol. The molecule has 7 N–H and O–H groups in total. The second kappa shape index (κ2) is 32.0. The van der Waals surface area contributed by atoms with Gasteiger partial charge in [-0.3, -0.25) is 38.4 Å². The van der Waals surface area contributed by atoms with Crippen LogP contribution >= 0.6 is 0 Å². The van der Waals surface area contributed by atoms with Crippen molar-refractivity contribution in [3.63, 3.8) is 0 Å². The van der Waals surface area contributed by atoms with Crippen LogP contribution in [0.5, 0.6) is 0 Å². The lowest BCUT2D eigenvalue weighted by Gasteiger charge is -2.36. The van der Waals surface area contributed by atoms with E-state index in [0.29, 0.717) is 37.1 Å². The molecule has 468 valence electrons. The summed E-state index contributed by atoms with van der Waals surface area (Å²) < 4.78 is 0. The van der Waals surface area contributed by atoms with Gasteiger partial charge in [0, 0.05) is 56.3 Å². The molecule has 0 radical (unpaired) electrons. The number of amides is 8. The molecule has 7 atom stereocenters. The van der Waals surface area contributed by atoms with Gasteiger partial charge in [0.25, 0.3) is 11.8 Å². The zero-order valence-corrected chi connectivity index (χ0v) is 51.2. The molecule has 19 nitrogen and oxygen atoms in total. The number of nitrogens with zero attached hydrogens (tertiary/aromatic N) is 4. The first-order valence-corrected chi connectivity index (χ1v) is 31.6. The predicted molar refractivity (Wildman–Crippen MR) is 333 cm³/mol. The number of β-amino-alcohol motifs (C(OH)–C–C–N with tert-alkyl or cyclic N) is 2. The highest BCUT2D eigenvalue weighted by molar-refractivity contribution is 5.98. The average molecular weight is 1190 g/mol. The minimum absolute atomic E-state index is 0.0198. The van der Waals surface area contributed by atoms with Crippen molar-refractivity contribution in [3.8, 4) is 11.1 Å². The molecule has 0 aromatic heterocycles. The van der Waals surface area contributed by atoms with Crippen LogP contribution < -0.4 is 26.6 Å². The Bertz CT molecular complexity index is 2940. The molecular formula is C68H91N9O10. The van der Waals surface area contributed by atoms with Gasteiger partial charge in [-0.2, -0.15) is 0 Å². The maximum Gasteiger partial charge on any atom is 0.251 e. The van der Waals surface area contributed by atoms with E-state index in [0.717, 1.165) is 86.5 Å². The Kier molecular flexibility index (Phi) is 24.1. The van der Waals surface area contributed by atoms with Crippen LogP contribution in [0.4, 0.5) is 0 Å². The number of nitrogens with one attached hydrogen (secondary N) is 5. The first-order chi connectivity index (χ1) is 42.0. The van der Waals surface area contributed by atoms with E-state index in [1.807, 2.05) is 60.7 Å². The third-order valence-corrected chi connectivity index (χ3v) is 18.1. The molecule has 2 saturated heterocycles. The zero-order valence-electron chi connectivity index (χ0n) is 51.2. The number of benzene rings is 4. The van der Waals surface area contributed by atoms with Crippen molar-refractivity contribution in [3.05, 3.63) is 131 Å². The maximum atomic E-state index is 14.5. The number of likely N-dealkylation sites (tertiary alicyclic amines) is 2. The summed E-state index contributed by atoms with van der Waals surface area (Å²) in [6, 6.07) is 30.1. The largest absolute Gasteiger partial charge is 0.391 e. The van der Waals surface area contributed by atoms with Gasteiger partial charge in [-0.15, -0.1) is 0 Å². The van der Waals surface area contributed by atoms with Crippen molar-refractivity contribution in [2.24, 2.45) is 17.8 Å². The lowest BCUT2D eigenvalue weighted by molar-refractivity contribution is -0.141. The van der Waals surface area contributed by atoms with Crippen LogP contribution in [-0.2, 0) is 41.6 Å². The Balaban J connectivity index is 0.874. The molecule has 4 aromatic carbocycles. The molecule has 0 unspecified atom stereocenters. The summed E-state index contributed by atoms with van der Waals surface area (Å²) >= 11 is 0. The topological polar surface area (TPSA) is 250 Å². The highest BCUT2D eigenvalue weighted by atomic mass is 16.3. The van der Waals surface area contributed by atoms with Crippen molar-refractivity contribution >= 4 is 47.3 Å². The van der Waals surface area contributed by atoms with Gasteiger partial charge in [0.05, 0.1) is 43.4 Å². The third kappa shape index (κ3) is 18.3. The lowest BCUT2D eigenvalue weighted by atomic mass is 9.83. The van der Waals surface area contributed by atoms with Gasteiger partial charge in [-0.25, -0.2) is 0 Å². The number of carbonyl (C=O) groups excluding carboxylic acids is 8. The van der Waals surface area contributed by atoms with Crippen LogP contribution in [0.25, 0.3) is 11.1 Å². The highest BCUT2D eigenvalue weighted by Crippen LogP contribution is 2.32. The van der Waals surface area contributed by atoms with Crippen LogP contribution in [-0.4, -0.2) is 179 Å². The van der Waals surface area contributed by atoms with Gasteiger partial charge < -0.3 is 56.4 Å². The zero-order chi connectivity index (χ0) is 62.0. The number of hydrogen-bond acceptors (Lipinski definition) is 11. The molecule has 2 aliphatic heterocycles. The Labute approximate surface area is 512 Å². The van der Waals surface area contributed by atoms with Crippen LogP contribution in [0.3, 0.4) is 0 Å². The number of hydrogen-bond donors (Lipinski definition) is 7. The van der Waals surface area contributed by atoms with Gasteiger partial charge in [0.15, 0.2) is 0 Å². The molecule has 19 heteroatoms. The molecule has 4 aliphatic rings. The van der Waals surface area contributed by atoms with Crippen molar-refractivity contribution < 1.29 is 48.6 Å². The Morgan fingerprint density at radius 2 is 0.897 bits per heavy atom. The standard InChI is InChI=1S/C68H91N9O10/c1-45(2)63(82)72-61(51-21-13-7-14-22-51)67(86)76-43-57(78)37-55(76)41-74(35-33-47-17-9-5-10-18-47)59(80)39-70-65(84)53-29-25-49(26-30-53)50-27-31-54(32-28-50)66(85)71-40-60(81)75(36-34-48-19-11-6-12-20-48)42-56-38-58(79)44-77(56)68(87)62(52-23-15-8-16-24-52)73-64(83)46(3)69-4/h5-6,9-12,17-20,25-32,45-46,51-52,55-58,61-62,69,78-79H,7-8,13-16,21-24,33-44H2,1-4H3,(H,70,84)(H,71,85)(H,72,82)(H,73,83)/t46-,55-,56-,57-,58-,61-,62-/m0/s1. The van der Waals surface area contributed by atoms with Gasteiger partial charge in [-0.05, 0) is 124 Å². The van der Waals surface area contributed by atoms with E-state index in [1.54, 1.807) is 95.9 Å². The van der Waals surface area contributed by atoms with Crippen LogP contribution in [0, 0.1) is 17.8 Å². The monoisotopic (exact) mass is 1190 g/mol. The quantitative estimate of drug-likeness (QED) is 0.0427. The second-order valence-electron chi connectivity index (χ2n) is 24.7.